The van der Waals surface area contributed by atoms with Gasteiger partial charge in [-0.15, -0.1) is 0 Å². The summed E-state index contributed by atoms with van der Waals surface area (Å²) >= 11 is 0. The molecule has 1 N–H and O–H groups in total. The Labute approximate surface area is 122 Å². The number of carbonyl (C=O) groups is 2. The number of hydrogen-bond acceptors (Lipinski definition) is 3. The number of amides is 2. The summed E-state index contributed by atoms with van der Waals surface area (Å²) in [7, 11) is 4.10. The van der Waals surface area contributed by atoms with Crippen LogP contribution in [0, 0.1) is 5.41 Å². The van der Waals surface area contributed by atoms with Crippen molar-refractivity contribution in [1.29, 1.82) is 0 Å². The van der Waals surface area contributed by atoms with Crippen molar-refractivity contribution in [3.63, 3.8) is 0 Å². The van der Waals surface area contributed by atoms with Crippen LogP contribution in [0.25, 0.3) is 0 Å². The van der Waals surface area contributed by atoms with Crippen LogP contribution in [0.2, 0.25) is 0 Å². The third-order valence-electron chi connectivity index (χ3n) is 3.62. The first kappa shape index (κ1) is 17.0. The first-order chi connectivity index (χ1) is 9.21. The van der Waals surface area contributed by atoms with Crippen molar-refractivity contribution in [1.82, 2.24) is 15.1 Å². The maximum absolute atomic E-state index is 12.6. The van der Waals surface area contributed by atoms with E-state index in [-0.39, 0.29) is 17.2 Å². The van der Waals surface area contributed by atoms with Crippen LogP contribution in [0.4, 0.5) is 0 Å². The highest BCUT2D eigenvalue weighted by Gasteiger charge is 2.37. The molecule has 0 spiro atoms. The van der Waals surface area contributed by atoms with E-state index in [1.807, 2.05) is 25.7 Å². The standard InChI is InChI=1S/C15H29N3O2/c1-15(2,3)13-14(20)18(11-8-12(19)16-13)10-7-6-9-17(4)5/h13H,6-11H2,1-5H3,(H,16,19). The first-order valence-electron chi connectivity index (χ1n) is 7.44. The van der Waals surface area contributed by atoms with Crippen LogP contribution in [0.5, 0.6) is 0 Å². The van der Waals surface area contributed by atoms with Gasteiger partial charge in [0.2, 0.25) is 11.8 Å². The number of unbranched alkanes of at least 4 members (excludes halogenated alkanes) is 1. The molecule has 1 heterocycles. The minimum atomic E-state index is -0.411. The third kappa shape index (κ3) is 5.12. The molecule has 0 radical (unpaired) electrons. The molecule has 1 aliphatic rings. The molecule has 2 amide bonds. The molecule has 1 saturated heterocycles. The molecule has 5 heteroatoms. The molecule has 1 atom stereocenters. The van der Waals surface area contributed by atoms with Crippen LogP contribution in [0.15, 0.2) is 0 Å². The number of nitrogens with one attached hydrogen (secondary N) is 1. The van der Waals surface area contributed by atoms with Gasteiger partial charge < -0.3 is 15.1 Å². The summed E-state index contributed by atoms with van der Waals surface area (Å²) in [5.41, 5.74) is -0.251. The molecule has 0 aliphatic carbocycles. The van der Waals surface area contributed by atoms with Crippen molar-refractivity contribution < 1.29 is 9.59 Å². The molecule has 0 aromatic heterocycles. The molecule has 0 bridgehead atoms. The van der Waals surface area contributed by atoms with Gasteiger partial charge in [-0.1, -0.05) is 20.8 Å². The normalized spacial score (nSPS) is 21.1. The zero-order chi connectivity index (χ0) is 15.3. The molecule has 20 heavy (non-hydrogen) atoms. The van der Waals surface area contributed by atoms with E-state index >= 15 is 0 Å². The van der Waals surface area contributed by atoms with E-state index < -0.39 is 6.04 Å². The van der Waals surface area contributed by atoms with Crippen molar-refractivity contribution in [2.75, 3.05) is 33.7 Å². The molecule has 1 fully saturated rings. The predicted octanol–water partition coefficient (Wildman–Crippen LogP) is 1.09. The Kier molecular flexibility index (Phi) is 5.99. The first-order valence-corrected chi connectivity index (χ1v) is 7.44. The van der Waals surface area contributed by atoms with Gasteiger partial charge >= 0.3 is 0 Å². The fourth-order valence-electron chi connectivity index (χ4n) is 2.36. The van der Waals surface area contributed by atoms with Gasteiger partial charge in [0.05, 0.1) is 0 Å². The van der Waals surface area contributed by atoms with Crippen molar-refractivity contribution in [2.45, 2.75) is 46.1 Å². The Morgan fingerprint density at radius 3 is 2.45 bits per heavy atom. The lowest BCUT2D eigenvalue weighted by Gasteiger charge is -2.32. The van der Waals surface area contributed by atoms with Crippen molar-refractivity contribution in [2.24, 2.45) is 5.41 Å². The Morgan fingerprint density at radius 1 is 1.25 bits per heavy atom. The molecule has 5 nitrogen and oxygen atoms in total. The van der Waals surface area contributed by atoms with Gasteiger partial charge in [-0.3, -0.25) is 9.59 Å². The molecule has 116 valence electrons. The van der Waals surface area contributed by atoms with Gasteiger partial charge in [-0.05, 0) is 38.9 Å². The Hall–Kier alpha value is -1.10. The lowest BCUT2D eigenvalue weighted by atomic mass is 9.86. The highest BCUT2D eigenvalue weighted by molar-refractivity contribution is 5.90. The predicted molar refractivity (Wildman–Crippen MR) is 80.4 cm³/mol. The SMILES string of the molecule is CN(C)CCCCN1CCC(=O)NC(C(C)(C)C)C1=O. The summed E-state index contributed by atoms with van der Waals surface area (Å²) in [6, 6.07) is -0.411. The minimum Gasteiger partial charge on any atom is -0.344 e. The number of hydrogen-bond donors (Lipinski definition) is 1. The fourth-order valence-corrected chi connectivity index (χ4v) is 2.36. The number of nitrogens with zero attached hydrogens (tertiary/aromatic N) is 2. The topological polar surface area (TPSA) is 52.6 Å². The quantitative estimate of drug-likeness (QED) is 0.769. The van der Waals surface area contributed by atoms with E-state index in [4.69, 9.17) is 0 Å². The Balaban J connectivity index is 2.61. The molecular weight excluding hydrogens is 254 g/mol. The second-order valence-electron chi connectivity index (χ2n) is 6.95. The van der Waals surface area contributed by atoms with Gasteiger partial charge in [0.1, 0.15) is 6.04 Å². The molecule has 1 rings (SSSR count). The van der Waals surface area contributed by atoms with Gasteiger partial charge in [-0.2, -0.15) is 0 Å². The maximum Gasteiger partial charge on any atom is 0.245 e. The van der Waals surface area contributed by atoms with Gasteiger partial charge in [-0.25, -0.2) is 0 Å². The van der Waals surface area contributed by atoms with Gasteiger partial charge in [0, 0.05) is 19.5 Å². The molecule has 1 unspecified atom stereocenters. The van der Waals surface area contributed by atoms with E-state index in [2.05, 4.69) is 24.3 Å². The summed E-state index contributed by atoms with van der Waals surface area (Å²) in [6.07, 6.45) is 2.46. The lowest BCUT2D eigenvalue weighted by Crippen LogP contribution is -2.52. The van der Waals surface area contributed by atoms with Gasteiger partial charge in [0.25, 0.3) is 0 Å². The highest BCUT2D eigenvalue weighted by atomic mass is 16.2. The zero-order valence-corrected chi connectivity index (χ0v) is 13.5. The summed E-state index contributed by atoms with van der Waals surface area (Å²) < 4.78 is 0. The summed E-state index contributed by atoms with van der Waals surface area (Å²) in [5, 5.41) is 2.87. The van der Waals surface area contributed by atoms with Crippen molar-refractivity contribution in [3.8, 4) is 0 Å². The minimum absolute atomic E-state index is 0.0194. The fraction of sp³-hybridized carbons (Fsp3) is 0.867. The highest BCUT2D eigenvalue weighted by Crippen LogP contribution is 2.23. The van der Waals surface area contributed by atoms with Crippen LogP contribution >= 0.6 is 0 Å². The number of rotatable bonds is 5. The second kappa shape index (κ2) is 7.07. The summed E-state index contributed by atoms with van der Waals surface area (Å²) in [6.45, 7) is 8.29. The molecular formula is C15H29N3O2. The third-order valence-corrected chi connectivity index (χ3v) is 3.62. The molecule has 0 aromatic rings. The van der Waals surface area contributed by atoms with Crippen LogP contribution in [0.3, 0.4) is 0 Å². The van der Waals surface area contributed by atoms with Gasteiger partial charge in [0.15, 0.2) is 0 Å². The maximum atomic E-state index is 12.6. The monoisotopic (exact) mass is 283 g/mol. The number of carbonyl (C=O) groups excluding carboxylic acids is 2. The van der Waals surface area contributed by atoms with Crippen molar-refractivity contribution in [3.05, 3.63) is 0 Å². The zero-order valence-electron chi connectivity index (χ0n) is 13.5. The van der Waals surface area contributed by atoms with Crippen molar-refractivity contribution >= 4 is 11.8 Å². The van der Waals surface area contributed by atoms with E-state index in [9.17, 15) is 9.59 Å². The lowest BCUT2D eigenvalue weighted by molar-refractivity contribution is -0.136. The van der Waals surface area contributed by atoms with E-state index in [0.717, 1.165) is 25.9 Å². The Morgan fingerprint density at radius 2 is 1.90 bits per heavy atom. The van der Waals surface area contributed by atoms with Crippen LogP contribution in [-0.2, 0) is 9.59 Å². The van der Waals surface area contributed by atoms with E-state index in [1.54, 1.807) is 0 Å². The second-order valence-corrected chi connectivity index (χ2v) is 6.95. The van der Waals surface area contributed by atoms with Crippen LogP contribution < -0.4 is 5.32 Å². The Bertz CT molecular complexity index is 348. The smallest absolute Gasteiger partial charge is 0.245 e. The average molecular weight is 283 g/mol. The average Bonchev–Trinajstić information content (AvgIpc) is 2.45. The van der Waals surface area contributed by atoms with Crippen LogP contribution in [-0.4, -0.2) is 61.4 Å². The van der Waals surface area contributed by atoms with Crippen LogP contribution in [0.1, 0.15) is 40.0 Å². The largest absolute Gasteiger partial charge is 0.344 e. The molecule has 0 aromatic carbocycles. The summed E-state index contributed by atoms with van der Waals surface area (Å²) in [4.78, 5) is 28.3. The van der Waals surface area contributed by atoms with E-state index in [1.165, 1.54) is 0 Å². The summed E-state index contributed by atoms with van der Waals surface area (Å²) in [5.74, 6) is 0.0438. The molecule has 0 saturated carbocycles. The van der Waals surface area contributed by atoms with E-state index in [0.29, 0.717) is 13.0 Å². The molecule has 1 aliphatic heterocycles.